The molecule has 0 unspecified atom stereocenters. The van der Waals surface area contributed by atoms with Crippen LogP contribution < -0.4 is 21.0 Å². The normalized spacial score (nSPS) is 14.4. The molecule has 0 bridgehead atoms. The number of piperazine rings is 1. The third kappa shape index (κ3) is 5.05. The number of aromatic nitrogens is 2. The van der Waals surface area contributed by atoms with E-state index in [1.807, 2.05) is 4.90 Å². The van der Waals surface area contributed by atoms with Gasteiger partial charge in [-0.15, -0.1) is 0 Å². The SMILES string of the molecule is CC(=O)N(CCCN1CCN(c2cc(=O)n(C)c(=O)n2C)CC1)c1ccc([N+](=O)[O-])cc1. The van der Waals surface area contributed by atoms with Crippen LogP contribution in [-0.4, -0.2) is 64.1 Å². The number of anilines is 2. The monoisotopic (exact) mass is 444 g/mol. The zero-order valence-electron chi connectivity index (χ0n) is 18.6. The summed E-state index contributed by atoms with van der Waals surface area (Å²) in [6.07, 6.45) is 0.751. The summed E-state index contributed by atoms with van der Waals surface area (Å²) in [6, 6.07) is 7.47. The Morgan fingerprint density at radius 2 is 1.69 bits per heavy atom. The Bertz CT molecular complexity index is 1100. The predicted molar refractivity (Wildman–Crippen MR) is 121 cm³/mol. The fourth-order valence-electron chi connectivity index (χ4n) is 3.90. The van der Waals surface area contributed by atoms with E-state index in [1.165, 1.54) is 36.7 Å². The van der Waals surface area contributed by atoms with Crippen molar-refractivity contribution in [3.05, 3.63) is 61.3 Å². The highest BCUT2D eigenvalue weighted by atomic mass is 16.6. The number of rotatable bonds is 7. The van der Waals surface area contributed by atoms with Gasteiger partial charge < -0.3 is 9.80 Å². The van der Waals surface area contributed by atoms with E-state index in [4.69, 9.17) is 0 Å². The number of non-ortho nitro benzene ring substituents is 1. The number of carbonyl (C=O) groups excluding carboxylic acids is 1. The summed E-state index contributed by atoms with van der Waals surface area (Å²) in [5.74, 6) is 0.508. The molecule has 1 aromatic carbocycles. The first-order valence-corrected chi connectivity index (χ1v) is 10.5. The zero-order chi connectivity index (χ0) is 23.4. The van der Waals surface area contributed by atoms with Crippen LogP contribution in [0.15, 0.2) is 39.9 Å². The molecule has 0 saturated carbocycles. The number of amides is 1. The van der Waals surface area contributed by atoms with Crippen LogP contribution in [0.25, 0.3) is 0 Å². The molecule has 1 aromatic heterocycles. The van der Waals surface area contributed by atoms with E-state index in [1.54, 1.807) is 24.1 Å². The molecule has 1 aliphatic rings. The molecular formula is C21H28N6O5. The van der Waals surface area contributed by atoms with E-state index < -0.39 is 4.92 Å². The third-order valence-corrected chi connectivity index (χ3v) is 5.81. The quantitative estimate of drug-likeness (QED) is 0.453. The first-order valence-electron chi connectivity index (χ1n) is 10.5. The van der Waals surface area contributed by atoms with Crippen molar-refractivity contribution in [2.45, 2.75) is 13.3 Å². The van der Waals surface area contributed by atoms with Gasteiger partial charge in [0.15, 0.2) is 0 Å². The molecule has 0 spiro atoms. The second-order valence-electron chi connectivity index (χ2n) is 7.87. The minimum atomic E-state index is -0.466. The molecule has 1 fully saturated rings. The smallest absolute Gasteiger partial charge is 0.332 e. The Balaban J connectivity index is 1.54. The van der Waals surface area contributed by atoms with Crippen molar-refractivity contribution in [1.29, 1.82) is 0 Å². The highest BCUT2D eigenvalue weighted by molar-refractivity contribution is 5.91. The Morgan fingerprint density at radius 3 is 2.25 bits per heavy atom. The van der Waals surface area contributed by atoms with Crippen LogP contribution in [0.5, 0.6) is 0 Å². The van der Waals surface area contributed by atoms with Gasteiger partial charge in [-0.25, -0.2) is 4.79 Å². The Kier molecular flexibility index (Phi) is 7.08. The number of nitro groups is 1. The molecule has 1 aliphatic heterocycles. The highest BCUT2D eigenvalue weighted by Gasteiger charge is 2.21. The molecule has 1 amide bonds. The van der Waals surface area contributed by atoms with Gasteiger partial charge >= 0.3 is 5.69 Å². The largest absolute Gasteiger partial charge is 0.355 e. The van der Waals surface area contributed by atoms with E-state index >= 15 is 0 Å². The van der Waals surface area contributed by atoms with Gasteiger partial charge in [0, 0.05) is 77.6 Å². The van der Waals surface area contributed by atoms with E-state index in [0.29, 0.717) is 31.1 Å². The lowest BCUT2D eigenvalue weighted by atomic mass is 10.2. The molecule has 2 heterocycles. The van der Waals surface area contributed by atoms with Gasteiger partial charge in [-0.3, -0.25) is 33.7 Å². The number of hydrogen-bond donors (Lipinski definition) is 0. The zero-order valence-corrected chi connectivity index (χ0v) is 18.6. The molecule has 2 aromatic rings. The van der Waals surface area contributed by atoms with E-state index in [-0.39, 0.29) is 22.8 Å². The summed E-state index contributed by atoms with van der Waals surface area (Å²) in [4.78, 5) is 52.5. The fraction of sp³-hybridized carbons (Fsp3) is 0.476. The van der Waals surface area contributed by atoms with Crippen molar-refractivity contribution >= 4 is 23.1 Å². The molecule has 32 heavy (non-hydrogen) atoms. The second-order valence-corrected chi connectivity index (χ2v) is 7.87. The molecule has 11 nitrogen and oxygen atoms in total. The van der Waals surface area contributed by atoms with Crippen LogP contribution in [-0.2, 0) is 18.9 Å². The Labute approximate surface area is 185 Å². The van der Waals surface area contributed by atoms with Crippen molar-refractivity contribution in [2.24, 2.45) is 14.1 Å². The average Bonchev–Trinajstić information content (AvgIpc) is 2.78. The van der Waals surface area contributed by atoms with E-state index in [2.05, 4.69) is 4.90 Å². The first-order chi connectivity index (χ1) is 15.2. The fourth-order valence-corrected chi connectivity index (χ4v) is 3.90. The maximum absolute atomic E-state index is 12.2. The van der Waals surface area contributed by atoms with Gasteiger partial charge in [0.1, 0.15) is 5.82 Å². The Morgan fingerprint density at radius 1 is 1.06 bits per heavy atom. The molecule has 0 N–H and O–H groups in total. The van der Waals surface area contributed by atoms with Crippen LogP contribution in [0, 0.1) is 10.1 Å². The summed E-state index contributed by atoms with van der Waals surface area (Å²) >= 11 is 0. The summed E-state index contributed by atoms with van der Waals surface area (Å²) in [5.41, 5.74) is -0.0324. The number of carbonyl (C=O) groups is 1. The lowest BCUT2D eigenvalue weighted by Crippen LogP contribution is -2.49. The minimum Gasteiger partial charge on any atom is -0.355 e. The molecule has 11 heteroatoms. The van der Waals surface area contributed by atoms with Crippen LogP contribution in [0.3, 0.4) is 0 Å². The molecule has 0 aliphatic carbocycles. The summed E-state index contributed by atoms with van der Waals surface area (Å²) in [7, 11) is 3.13. The standard InChI is InChI=1S/C21H28N6O5/c1-16(28)26(17-5-7-18(8-6-17)27(31)32)10-4-9-24-11-13-25(14-12-24)19-15-20(29)23(3)21(30)22(19)2/h5-8,15H,4,9-14H2,1-3H3. The summed E-state index contributed by atoms with van der Waals surface area (Å²) < 4.78 is 2.58. The van der Waals surface area contributed by atoms with Crippen molar-refractivity contribution in [3.8, 4) is 0 Å². The van der Waals surface area contributed by atoms with Crippen LogP contribution >= 0.6 is 0 Å². The Hall–Kier alpha value is -3.47. The maximum Gasteiger partial charge on any atom is 0.332 e. The second kappa shape index (κ2) is 9.77. The molecule has 1 saturated heterocycles. The van der Waals surface area contributed by atoms with Crippen LogP contribution in [0.1, 0.15) is 13.3 Å². The highest BCUT2D eigenvalue weighted by Crippen LogP contribution is 2.20. The van der Waals surface area contributed by atoms with Crippen molar-refractivity contribution in [2.75, 3.05) is 49.1 Å². The van der Waals surface area contributed by atoms with Gasteiger partial charge in [0.05, 0.1) is 4.92 Å². The number of hydrogen-bond acceptors (Lipinski definition) is 7. The number of benzene rings is 1. The lowest BCUT2D eigenvalue weighted by Gasteiger charge is -2.36. The van der Waals surface area contributed by atoms with Gasteiger partial charge in [-0.05, 0) is 25.1 Å². The molecular weight excluding hydrogens is 416 g/mol. The predicted octanol–water partition coefficient (Wildman–Crippen LogP) is 0.557. The maximum atomic E-state index is 12.2. The van der Waals surface area contributed by atoms with Crippen molar-refractivity contribution < 1.29 is 9.72 Å². The van der Waals surface area contributed by atoms with Crippen LogP contribution in [0.2, 0.25) is 0 Å². The molecule has 172 valence electrons. The summed E-state index contributed by atoms with van der Waals surface area (Å²) in [6.45, 7) is 5.73. The average molecular weight is 444 g/mol. The lowest BCUT2D eigenvalue weighted by molar-refractivity contribution is -0.384. The van der Waals surface area contributed by atoms with Gasteiger partial charge in [0.2, 0.25) is 5.91 Å². The van der Waals surface area contributed by atoms with Gasteiger partial charge in [-0.2, -0.15) is 0 Å². The van der Waals surface area contributed by atoms with Gasteiger partial charge in [-0.1, -0.05) is 0 Å². The van der Waals surface area contributed by atoms with E-state index in [9.17, 15) is 24.5 Å². The van der Waals surface area contributed by atoms with Crippen LogP contribution in [0.4, 0.5) is 17.2 Å². The minimum absolute atomic E-state index is 0.0103. The number of nitrogens with zero attached hydrogens (tertiary/aromatic N) is 6. The van der Waals surface area contributed by atoms with Gasteiger partial charge in [0.25, 0.3) is 11.2 Å². The number of nitro benzene ring substituents is 1. The molecule has 0 radical (unpaired) electrons. The third-order valence-electron chi connectivity index (χ3n) is 5.81. The molecule has 3 rings (SSSR count). The first kappa shape index (κ1) is 23.2. The molecule has 0 atom stereocenters. The summed E-state index contributed by atoms with van der Waals surface area (Å²) in [5, 5.41) is 10.8. The van der Waals surface area contributed by atoms with E-state index in [0.717, 1.165) is 30.6 Å². The van der Waals surface area contributed by atoms with Crippen molar-refractivity contribution in [3.63, 3.8) is 0 Å². The van der Waals surface area contributed by atoms with Crippen molar-refractivity contribution in [1.82, 2.24) is 14.0 Å². The topological polar surface area (TPSA) is 114 Å².